The second-order valence-electron chi connectivity index (χ2n) is 7.73. The number of ether oxygens (including phenoxy) is 1. The summed E-state index contributed by atoms with van der Waals surface area (Å²) >= 11 is 1.35. The third kappa shape index (κ3) is 4.13. The number of hydrogen-bond acceptors (Lipinski definition) is 8. The number of carbonyl (C=O) groups is 3. The predicted octanol–water partition coefficient (Wildman–Crippen LogP) is 1.82. The van der Waals surface area contributed by atoms with E-state index in [9.17, 15) is 14.4 Å². The summed E-state index contributed by atoms with van der Waals surface area (Å²) in [6.45, 7) is 5.23. The molecule has 0 aliphatic heterocycles. The summed E-state index contributed by atoms with van der Waals surface area (Å²) in [6.07, 6.45) is 2.56. The molecule has 1 aliphatic rings. The van der Waals surface area contributed by atoms with Gasteiger partial charge in [0.2, 0.25) is 0 Å². The van der Waals surface area contributed by atoms with Gasteiger partial charge in [0.25, 0.3) is 23.4 Å². The topological polar surface area (TPSA) is 142 Å². The zero-order valence-corrected chi connectivity index (χ0v) is 18.2. The highest BCUT2D eigenvalue weighted by Gasteiger charge is 2.27. The predicted molar refractivity (Wildman–Crippen MR) is 113 cm³/mol. The number of nitrogens with two attached hydrogens (primary N) is 1. The Labute approximate surface area is 181 Å². The fourth-order valence-corrected chi connectivity index (χ4v) is 5.14. The van der Waals surface area contributed by atoms with Gasteiger partial charge in [-0.2, -0.15) is 4.98 Å². The van der Waals surface area contributed by atoms with E-state index in [1.165, 1.54) is 15.9 Å². The minimum atomic E-state index is -0.841. The van der Waals surface area contributed by atoms with Crippen LogP contribution in [0.4, 0.5) is 5.00 Å². The summed E-state index contributed by atoms with van der Waals surface area (Å²) in [5.41, 5.74) is 8.33. The molecular formula is C20H22N6O4S. The van der Waals surface area contributed by atoms with Gasteiger partial charge in [-0.1, -0.05) is 6.92 Å². The molecule has 3 aromatic rings. The summed E-state index contributed by atoms with van der Waals surface area (Å²) in [7, 11) is 0. The van der Waals surface area contributed by atoms with Crippen LogP contribution in [0.5, 0.6) is 0 Å². The number of hydrogen-bond donors (Lipinski definition) is 2. The minimum Gasteiger partial charge on any atom is -0.450 e. The molecule has 31 heavy (non-hydrogen) atoms. The van der Waals surface area contributed by atoms with Crippen LogP contribution < -0.4 is 11.1 Å². The van der Waals surface area contributed by atoms with Crippen molar-refractivity contribution in [2.45, 2.75) is 40.0 Å². The minimum absolute atomic E-state index is 0.188. The molecule has 11 heteroatoms. The second-order valence-corrected chi connectivity index (χ2v) is 8.84. The Balaban J connectivity index is 1.45. The van der Waals surface area contributed by atoms with Crippen molar-refractivity contribution < 1.29 is 19.1 Å². The summed E-state index contributed by atoms with van der Waals surface area (Å²) in [6, 6.07) is 1.81. The fourth-order valence-electron chi connectivity index (χ4n) is 3.71. The van der Waals surface area contributed by atoms with Gasteiger partial charge in [-0.3, -0.25) is 9.59 Å². The Morgan fingerprint density at radius 3 is 2.84 bits per heavy atom. The molecule has 0 bridgehead atoms. The summed E-state index contributed by atoms with van der Waals surface area (Å²) in [4.78, 5) is 46.0. The Morgan fingerprint density at radius 1 is 1.32 bits per heavy atom. The first kappa shape index (κ1) is 20.9. The lowest BCUT2D eigenvalue weighted by molar-refractivity contribution is -0.119. The van der Waals surface area contributed by atoms with Crippen LogP contribution in [0.2, 0.25) is 0 Å². The van der Waals surface area contributed by atoms with Gasteiger partial charge in [0.1, 0.15) is 5.00 Å². The Bertz CT molecular complexity index is 1210. The summed E-state index contributed by atoms with van der Waals surface area (Å²) in [5, 5.41) is 7.14. The van der Waals surface area contributed by atoms with Gasteiger partial charge in [-0.05, 0) is 50.7 Å². The molecule has 10 nitrogen and oxygen atoms in total. The molecular weight excluding hydrogens is 420 g/mol. The van der Waals surface area contributed by atoms with Crippen LogP contribution in [-0.4, -0.2) is 44.0 Å². The van der Waals surface area contributed by atoms with Crippen LogP contribution in [0.15, 0.2) is 6.07 Å². The second kappa shape index (κ2) is 8.06. The Hall–Kier alpha value is -3.34. The lowest BCUT2D eigenvalue weighted by Gasteiger charge is -2.18. The van der Waals surface area contributed by atoms with Crippen molar-refractivity contribution in [2.24, 2.45) is 11.7 Å². The molecule has 0 radical (unpaired) electrons. The first-order chi connectivity index (χ1) is 14.7. The fraction of sp³-hybridized carbons (Fsp3) is 0.400. The molecule has 0 aromatic carbocycles. The molecule has 0 saturated heterocycles. The van der Waals surface area contributed by atoms with Crippen molar-refractivity contribution in [1.29, 1.82) is 0 Å². The van der Waals surface area contributed by atoms with Gasteiger partial charge in [0, 0.05) is 16.3 Å². The molecule has 2 amide bonds. The maximum atomic E-state index is 12.4. The Morgan fingerprint density at radius 2 is 2.10 bits per heavy atom. The van der Waals surface area contributed by atoms with Crippen LogP contribution in [-0.2, 0) is 22.4 Å². The van der Waals surface area contributed by atoms with E-state index in [4.69, 9.17) is 10.5 Å². The number of thiophene rings is 1. The van der Waals surface area contributed by atoms with Crippen molar-refractivity contribution in [2.75, 3.05) is 11.9 Å². The van der Waals surface area contributed by atoms with Crippen molar-refractivity contribution in [3.05, 3.63) is 39.3 Å². The number of carbonyl (C=O) groups excluding carboxylic acids is 3. The monoisotopic (exact) mass is 442 g/mol. The SMILES string of the molecule is Cc1cc(C)n2nc(C(=O)OCC(=O)Nc3sc4c(c3C(N)=O)CC[C@H](C)C4)nc2n1. The molecule has 162 valence electrons. The average Bonchev–Trinajstić information content (AvgIpc) is 3.26. The number of esters is 1. The van der Waals surface area contributed by atoms with E-state index in [1.54, 1.807) is 0 Å². The molecule has 3 aromatic heterocycles. The zero-order valence-electron chi connectivity index (χ0n) is 17.4. The summed E-state index contributed by atoms with van der Waals surface area (Å²) in [5.74, 6) is -1.39. The number of primary amides is 1. The first-order valence-corrected chi connectivity index (χ1v) is 10.7. The average molecular weight is 443 g/mol. The van der Waals surface area contributed by atoms with Crippen molar-refractivity contribution in [1.82, 2.24) is 19.6 Å². The van der Waals surface area contributed by atoms with Crippen LogP contribution in [0.25, 0.3) is 5.78 Å². The van der Waals surface area contributed by atoms with Crippen LogP contribution in [0.3, 0.4) is 0 Å². The molecule has 1 aliphatic carbocycles. The number of aryl methyl sites for hydroxylation is 2. The number of fused-ring (bicyclic) bond motifs is 2. The first-order valence-electron chi connectivity index (χ1n) is 9.85. The normalized spacial score (nSPS) is 15.5. The molecule has 0 spiro atoms. The number of nitrogens with zero attached hydrogens (tertiary/aromatic N) is 4. The smallest absolute Gasteiger partial charge is 0.378 e. The quantitative estimate of drug-likeness (QED) is 0.574. The summed E-state index contributed by atoms with van der Waals surface area (Å²) < 4.78 is 6.48. The lowest BCUT2D eigenvalue weighted by Crippen LogP contribution is -2.23. The van der Waals surface area contributed by atoms with E-state index in [0.717, 1.165) is 41.1 Å². The van der Waals surface area contributed by atoms with Gasteiger partial charge in [-0.15, -0.1) is 16.4 Å². The van der Waals surface area contributed by atoms with Gasteiger partial charge >= 0.3 is 5.97 Å². The van der Waals surface area contributed by atoms with Crippen LogP contribution in [0, 0.1) is 19.8 Å². The number of aromatic nitrogens is 4. The number of rotatable bonds is 5. The van der Waals surface area contributed by atoms with Crippen molar-refractivity contribution in [3.8, 4) is 0 Å². The van der Waals surface area contributed by atoms with E-state index in [1.807, 2.05) is 19.9 Å². The van der Waals surface area contributed by atoms with Crippen molar-refractivity contribution in [3.63, 3.8) is 0 Å². The van der Waals surface area contributed by atoms with Gasteiger partial charge in [0.05, 0.1) is 5.56 Å². The molecule has 0 unspecified atom stereocenters. The van der Waals surface area contributed by atoms with E-state index in [0.29, 0.717) is 16.5 Å². The van der Waals surface area contributed by atoms with Crippen molar-refractivity contribution >= 4 is 39.9 Å². The van der Waals surface area contributed by atoms with Gasteiger partial charge < -0.3 is 15.8 Å². The molecule has 0 fully saturated rings. The molecule has 3 heterocycles. The highest BCUT2D eigenvalue weighted by atomic mass is 32.1. The van der Waals surface area contributed by atoms with E-state index < -0.39 is 24.4 Å². The maximum absolute atomic E-state index is 12.4. The van der Waals surface area contributed by atoms with E-state index in [-0.39, 0.29) is 11.6 Å². The zero-order chi connectivity index (χ0) is 22.3. The van der Waals surface area contributed by atoms with Gasteiger partial charge in [0.15, 0.2) is 6.61 Å². The molecule has 3 N–H and O–H groups in total. The van der Waals surface area contributed by atoms with E-state index in [2.05, 4.69) is 27.3 Å². The highest BCUT2D eigenvalue weighted by molar-refractivity contribution is 7.17. The number of nitrogens with one attached hydrogen (secondary N) is 1. The molecule has 1 atom stereocenters. The highest BCUT2D eigenvalue weighted by Crippen LogP contribution is 2.39. The van der Waals surface area contributed by atoms with Crippen LogP contribution in [0.1, 0.15) is 56.1 Å². The molecule has 0 saturated carbocycles. The maximum Gasteiger partial charge on any atom is 0.378 e. The third-order valence-electron chi connectivity index (χ3n) is 5.15. The number of anilines is 1. The third-order valence-corrected chi connectivity index (χ3v) is 6.32. The van der Waals surface area contributed by atoms with Crippen LogP contribution >= 0.6 is 11.3 Å². The lowest BCUT2D eigenvalue weighted by atomic mass is 9.88. The number of amides is 2. The molecule has 4 rings (SSSR count). The van der Waals surface area contributed by atoms with E-state index >= 15 is 0 Å². The Kier molecular flexibility index (Phi) is 5.44. The standard InChI is InChI=1S/C20H22N6O4S/c1-9-4-5-12-13(6-9)31-18(15(12)16(21)28)23-14(27)8-30-19(29)17-24-20-22-10(2)7-11(3)26(20)25-17/h7,9H,4-6,8H2,1-3H3,(H2,21,28)(H,23,27)/t9-/m0/s1. The largest absolute Gasteiger partial charge is 0.450 e. The van der Waals surface area contributed by atoms with Gasteiger partial charge in [-0.25, -0.2) is 14.3 Å².